The first-order valence-corrected chi connectivity index (χ1v) is 5.92. The first kappa shape index (κ1) is 13.9. The van der Waals surface area contributed by atoms with E-state index < -0.39 is 5.41 Å². The summed E-state index contributed by atoms with van der Waals surface area (Å²) >= 11 is 10.9. The number of anilines is 1. The van der Waals surface area contributed by atoms with Crippen LogP contribution in [0, 0.1) is 12.3 Å². The van der Waals surface area contributed by atoms with E-state index >= 15 is 0 Å². The summed E-state index contributed by atoms with van der Waals surface area (Å²) in [6.45, 7) is 5.23. The van der Waals surface area contributed by atoms with Crippen molar-refractivity contribution in [1.82, 2.24) is 0 Å². The number of carbonyl (C=O) groups is 1. The maximum absolute atomic E-state index is 12.0. The zero-order chi connectivity index (χ0) is 13.2. The van der Waals surface area contributed by atoms with Crippen LogP contribution in [0.15, 0.2) is 18.2 Å². The molecule has 0 radical (unpaired) electrons. The molecule has 0 aliphatic rings. The lowest BCUT2D eigenvalue weighted by Crippen LogP contribution is -2.41. The van der Waals surface area contributed by atoms with Crippen molar-refractivity contribution in [3.8, 4) is 0 Å². The minimum Gasteiger partial charge on any atom is -0.392 e. The number of hydrogen-bond acceptors (Lipinski definition) is 2. The van der Waals surface area contributed by atoms with Gasteiger partial charge in [-0.3, -0.25) is 4.79 Å². The predicted octanol–water partition coefficient (Wildman–Crippen LogP) is 2.90. The van der Waals surface area contributed by atoms with E-state index in [1.54, 1.807) is 19.9 Å². The minimum atomic E-state index is -0.902. The molecule has 0 spiro atoms. The Morgan fingerprint density at radius 1 is 1.47 bits per heavy atom. The monoisotopic (exact) mass is 270 g/mol. The molecule has 5 heteroatoms. The maximum Gasteiger partial charge on any atom is 0.236 e. The Morgan fingerprint density at radius 2 is 2.06 bits per heavy atom. The van der Waals surface area contributed by atoms with Crippen LogP contribution in [0.4, 0.5) is 5.69 Å². The third kappa shape index (κ3) is 2.96. The summed E-state index contributed by atoms with van der Waals surface area (Å²) in [5.74, 6) is -0.263. The van der Waals surface area contributed by atoms with E-state index in [1.165, 1.54) is 0 Å². The second-order valence-corrected chi connectivity index (χ2v) is 5.22. The number of nitrogens with two attached hydrogens (primary N) is 1. The Kier molecular flexibility index (Phi) is 4.11. The number of halogens is 1. The summed E-state index contributed by atoms with van der Waals surface area (Å²) in [6, 6.07) is 5.42. The van der Waals surface area contributed by atoms with Crippen LogP contribution in [-0.4, -0.2) is 10.9 Å². The lowest BCUT2D eigenvalue weighted by Gasteiger charge is -2.23. The number of carbonyl (C=O) groups excluding carboxylic acids is 1. The third-order valence-electron chi connectivity index (χ3n) is 2.64. The van der Waals surface area contributed by atoms with Crippen molar-refractivity contribution in [2.75, 3.05) is 5.32 Å². The molecular weight excluding hydrogens is 256 g/mol. The molecule has 0 unspecified atom stereocenters. The van der Waals surface area contributed by atoms with E-state index in [-0.39, 0.29) is 10.9 Å². The Bertz CT molecular complexity index is 451. The van der Waals surface area contributed by atoms with Crippen LogP contribution in [0.2, 0.25) is 5.02 Å². The van der Waals surface area contributed by atoms with Gasteiger partial charge in [0, 0.05) is 0 Å². The number of amides is 1. The van der Waals surface area contributed by atoms with Crippen LogP contribution >= 0.6 is 23.8 Å². The first-order valence-electron chi connectivity index (χ1n) is 5.13. The summed E-state index contributed by atoms with van der Waals surface area (Å²) in [5.41, 5.74) is 6.13. The standard InChI is InChI=1S/C12H15ClN2OS/c1-7-5-4-6-8(13)9(7)15-11(16)12(2,3)10(14)17/h4-6H,1-3H3,(H2,14,17)(H,15,16). The van der Waals surface area contributed by atoms with E-state index in [1.807, 2.05) is 19.1 Å². The fraction of sp³-hybridized carbons (Fsp3) is 0.333. The Balaban J connectivity index is 3.00. The van der Waals surface area contributed by atoms with Crippen molar-refractivity contribution in [2.45, 2.75) is 20.8 Å². The first-order chi connectivity index (χ1) is 7.76. The zero-order valence-corrected chi connectivity index (χ0v) is 11.6. The number of benzene rings is 1. The second kappa shape index (κ2) is 5.02. The van der Waals surface area contributed by atoms with Gasteiger partial charge in [-0.2, -0.15) is 0 Å². The second-order valence-electron chi connectivity index (χ2n) is 4.38. The summed E-state index contributed by atoms with van der Waals surface area (Å²) < 4.78 is 0. The van der Waals surface area contributed by atoms with Gasteiger partial charge in [0.1, 0.15) is 0 Å². The lowest BCUT2D eigenvalue weighted by molar-refractivity contribution is -0.121. The molecule has 0 aliphatic carbocycles. The van der Waals surface area contributed by atoms with E-state index in [0.29, 0.717) is 10.7 Å². The van der Waals surface area contributed by atoms with Gasteiger partial charge in [0.05, 0.1) is 21.1 Å². The molecule has 3 nitrogen and oxygen atoms in total. The smallest absolute Gasteiger partial charge is 0.236 e. The maximum atomic E-state index is 12.0. The van der Waals surface area contributed by atoms with Crippen molar-refractivity contribution in [3.63, 3.8) is 0 Å². The van der Waals surface area contributed by atoms with Gasteiger partial charge in [-0.25, -0.2) is 0 Å². The predicted molar refractivity (Wildman–Crippen MR) is 75.4 cm³/mol. The summed E-state index contributed by atoms with van der Waals surface area (Å²) in [6.07, 6.45) is 0. The summed E-state index contributed by atoms with van der Waals surface area (Å²) in [4.78, 5) is 12.2. The number of thiocarbonyl (C=S) groups is 1. The van der Waals surface area contributed by atoms with Crippen molar-refractivity contribution in [3.05, 3.63) is 28.8 Å². The highest BCUT2D eigenvalue weighted by Crippen LogP contribution is 2.27. The van der Waals surface area contributed by atoms with Gasteiger partial charge in [0.25, 0.3) is 0 Å². The van der Waals surface area contributed by atoms with Gasteiger partial charge in [-0.05, 0) is 32.4 Å². The van der Waals surface area contributed by atoms with E-state index in [0.717, 1.165) is 5.56 Å². The molecule has 0 fully saturated rings. The van der Waals surface area contributed by atoms with Gasteiger partial charge in [-0.1, -0.05) is 36.0 Å². The van der Waals surface area contributed by atoms with Crippen molar-refractivity contribution in [2.24, 2.45) is 11.1 Å². The highest BCUT2D eigenvalue weighted by Gasteiger charge is 2.31. The molecule has 92 valence electrons. The van der Waals surface area contributed by atoms with Gasteiger partial charge >= 0.3 is 0 Å². The number of aryl methyl sites for hydroxylation is 1. The zero-order valence-electron chi connectivity index (χ0n) is 10.0. The molecule has 0 atom stereocenters. The minimum absolute atomic E-state index is 0.153. The molecule has 0 bridgehead atoms. The fourth-order valence-electron chi connectivity index (χ4n) is 1.17. The van der Waals surface area contributed by atoms with Gasteiger partial charge in [0.2, 0.25) is 5.91 Å². The van der Waals surface area contributed by atoms with Crippen molar-refractivity contribution in [1.29, 1.82) is 0 Å². The van der Waals surface area contributed by atoms with Crippen molar-refractivity contribution < 1.29 is 4.79 Å². The number of para-hydroxylation sites is 1. The molecule has 0 saturated heterocycles. The molecule has 17 heavy (non-hydrogen) atoms. The fourth-order valence-corrected chi connectivity index (χ4v) is 1.53. The quantitative estimate of drug-likeness (QED) is 0.831. The average molecular weight is 271 g/mol. The van der Waals surface area contributed by atoms with Gasteiger partial charge < -0.3 is 11.1 Å². The molecule has 1 aromatic carbocycles. The molecule has 0 heterocycles. The van der Waals surface area contributed by atoms with E-state index in [4.69, 9.17) is 29.6 Å². The lowest BCUT2D eigenvalue weighted by atomic mass is 9.92. The highest BCUT2D eigenvalue weighted by atomic mass is 35.5. The van der Waals surface area contributed by atoms with Crippen LogP contribution in [0.25, 0.3) is 0 Å². The summed E-state index contributed by atoms with van der Waals surface area (Å²) in [5, 5.41) is 3.26. The Hall–Kier alpha value is -1.13. The number of rotatable bonds is 3. The molecular formula is C12H15ClN2OS. The summed E-state index contributed by atoms with van der Waals surface area (Å²) in [7, 11) is 0. The topological polar surface area (TPSA) is 55.1 Å². The van der Waals surface area contributed by atoms with Crippen LogP contribution in [0.5, 0.6) is 0 Å². The van der Waals surface area contributed by atoms with Crippen molar-refractivity contribution >= 4 is 40.4 Å². The third-order valence-corrected chi connectivity index (χ3v) is 3.47. The van der Waals surface area contributed by atoms with Crippen LogP contribution < -0.4 is 11.1 Å². The van der Waals surface area contributed by atoms with E-state index in [9.17, 15) is 4.79 Å². The molecule has 0 saturated carbocycles. The van der Waals surface area contributed by atoms with Crippen LogP contribution in [-0.2, 0) is 4.79 Å². The van der Waals surface area contributed by atoms with E-state index in [2.05, 4.69) is 5.32 Å². The number of hydrogen-bond donors (Lipinski definition) is 2. The molecule has 0 aliphatic heterocycles. The molecule has 0 aromatic heterocycles. The Morgan fingerprint density at radius 3 is 2.53 bits per heavy atom. The molecule has 1 aromatic rings. The van der Waals surface area contributed by atoms with Gasteiger partial charge in [-0.15, -0.1) is 0 Å². The molecule has 1 amide bonds. The van der Waals surface area contributed by atoms with Crippen LogP contribution in [0.3, 0.4) is 0 Å². The average Bonchev–Trinajstić information content (AvgIpc) is 2.23. The Labute approximate surface area is 111 Å². The SMILES string of the molecule is Cc1cccc(Cl)c1NC(=O)C(C)(C)C(N)=S. The largest absolute Gasteiger partial charge is 0.392 e. The van der Waals surface area contributed by atoms with Gasteiger partial charge in [0.15, 0.2) is 0 Å². The normalized spacial score (nSPS) is 11.1. The number of nitrogens with one attached hydrogen (secondary N) is 1. The van der Waals surface area contributed by atoms with Crippen LogP contribution in [0.1, 0.15) is 19.4 Å². The molecule has 3 N–H and O–H groups in total. The highest BCUT2D eigenvalue weighted by molar-refractivity contribution is 7.80. The molecule has 1 rings (SSSR count).